The van der Waals surface area contributed by atoms with Crippen LogP contribution in [0, 0.1) is 13.8 Å². The summed E-state index contributed by atoms with van der Waals surface area (Å²) in [4.78, 5) is 4.58. The summed E-state index contributed by atoms with van der Waals surface area (Å²) in [5.41, 5.74) is 11.5. The molecule has 0 amide bonds. The molecule has 1 aromatic carbocycles. The molecule has 2 heteroatoms. The number of aromatic nitrogens is 1. The number of hydrogen-bond donors (Lipinski definition) is 1. The summed E-state index contributed by atoms with van der Waals surface area (Å²) in [7, 11) is 0. The second-order valence-corrected chi connectivity index (χ2v) is 4.82. The van der Waals surface area contributed by atoms with Gasteiger partial charge in [0, 0.05) is 16.8 Å². The lowest BCUT2D eigenvalue weighted by Gasteiger charge is -2.13. The van der Waals surface area contributed by atoms with E-state index in [2.05, 4.69) is 37.0 Å². The van der Waals surface area contributed by atoms with Gasteiger partial charge in [0.15, 0.2) is 0 Å². The van der Waals surface area contributed by atoms with E-state index in [9.17, 15) is 0 Å². The Labute approximate surface area is 103 Å². The molecule has 0 radical (unpaired) electrons. The minimum Gasteiger partial charge on any atom is -0.398 e. The molecular weight excluding hydrogens is 208 g/mol. The van der Waals surface area contributed by atoms with Crippen LogP contribution in [0.4, 0.5) is 5.69 Å². The van der Waals surface area contributed by atoms with Crippen LogP contribution in [0.1, 0.15) is 43.0 Å². The highest BCUT2D eigenvalue weighted by Crippen LogP contribution is 2.29. The Balaban J connectivity index is 2.69. The van der Waals surface area contributed by atoms with Crippen molar-refractivity contribution in [3.8, 4) is 0 Å². The van der Waals surface area contributed by atoms with E-state index in [-0.39, 0.29) is 0 Å². The van der Waals surface area contributed by atoms with Gasteiger partial charge < -0.3 is 5.73 Å². The van der Waals surface area contributed by atoms with E-state index in [1.54, 1.807) is 0 Å². The van der Waals surface area contributed by atoms with E-state index in [1.165, 1.54) is 5.56 Å². The van der Waals surface area contributed by atoms with E-state index in [0.29, 0.717) is 5.92 Å². The highest BCUT2D eigenvalue weighted by molar-refractivity contribution is 5.92. The predicted octanol–water partition coefficient (Wildman–Crippen LogP) is 3.95. The van der Waals surface area contributed by atoms with Gasteiger partial charge in [-0.05, 0) is 49.4 Å². The number of hydrogen-bond acceptors (Lipinski definition) is 2. The standard InChI is InChI=1S/C15H20N2/c1-5-9(2)12-6-7-14-13(8-12)15(16)10(3)11(4)17-14/h6-9H,5H2,1-4H3,(H2,16,17). The van der Waals surface area contributed by atoms with E-state index in [0.717, 1.165) is 34.3 Å². The lowest BCUT2D eigenvalue weighted by Crippen LogP contribution is -1.99. The van der Waals surface area contributed by atoms with Crippen molar-refractivity contribution in [2.24, 2.45) is 0 Å². The third kappa shape index (κ3) is 1.99. The van der Waals surface area contributed by atoms with Crippen LogP contribution < -0.4 is 5.73 Å². The van der Waals surface area contributed by atoms with Crippen molar-refractivity contribution >= 4 is 16.6 Å². The number of nitrogens with two attached hydrogens (primary N) is 1. The van der Waals surface area contributed by atoms with Gasteiger partial charge in [0.2, 0.25) is 0 Å². The first-order valence-electron chi connectivity index (χ1n) is 6.21. The van der Waals surface area contributed by atoms with Crippen LogP contribution in [0.25, 0.3) is 10.9 Å². The number of anilines is 1. The smallest absolute Gasteiger partial charge is 0.0726 e. The second kappa shape index (κ2) is 4.36. The largest absolute Gasteiger partial charge is 0.398 e. The SMILES string of the molecule is CCC(C)c1ccc2nc(C)c(C)c(N)c2c1. The maximum absolute atomic E-state index is 6.19. The zero-order chi connectivity index (χ0) is 12.6. The Morgan fingerprint density at radius 3 is 2.65 bits per heavy atom. The average Bonchev–Trinajstić information content (AvgIpc) is 2.35. The van der Waals surface area contributed by atoms with Crippen molar-refractivity contribution in [1.29, 1.82) is 0 Å². The molecule has 0 aliphatic heterocycles. The van der Waals surface area contributed by atoms with Crippen LogP contribution >= 0.6 is 0 Å². The fourth-order valence-electron chi connectivity index (χ4n) is 2.07. The van der Waals surface area contributed by atoms with Gasteiger partial charge in [0.1, 0.15) is 0 Å². The van der Waals surface area contributed by atoms with Crippen LogP contribution in [-0.4, -0.2) is 4.98 Å². The monoisotopic (exact) mass is 228 g/mol. The van der Waals surface area contributed by atoms with Crippen LogP contribution in [-0.2, 0) is 0 Å². The molecule has 1 unspecified atom stereocenters. The molecule has 0 aliphatic carbocycles. The summed E-state index contributed by atoms with van der Waals surface area (Å²) in [6.45, 7) is 8.49. The van der Waals surface area contributed by atoms with Gasteiger partial charge in [0.05, 0.1) is 5.52 Å². The molecule has 1 aromatic heterocycles. The minimum absolute atomic E-state index is 0.570. The first-order chi connectivity index (χ1) is 8.04. The molecule has 0 fully saturated rings. The molecule has 90 valence electrons. The van der Waals surface area contributed by atoms with Gasteiger partial charge >= 0.3 is 0 Å². The molecule has 2 rings (SSSR count). The Morgan fingerprint density at radius 2 is 2.00 bits per heavy atom. The molecule has 2 aromatic rings. The Hall–Kier alpha value is -1.57. The number of nitrogen functional groups attached to an aromatic ring is 1. The molecule has 2 N–H and O–H groups in total. The summed E-state index contributed by atoms with van der Waals surface area (Å²) < 4.78 is 0. The maximum atomic E-state index is 6.19. The Kier molecular flexibility index (Phi) is 3.05. The highest BCUT2D eigenvalue weighted by Gasteiger charge is 2.09. The van der Waals surface area contributed by atoms with Crippen molar-refractivity contribution < 1.29 is 0 Å². The highest BCUT2D eigenvalue weighted by atomic mass is 14.7. The summed E-state index contributed by atoms with van der Waals surface area (Å²) in [6.07, 6.45) is 1.14. The first kappa shape index (κ1) is 11.9. The Morgan fingerprint density at radius 1 is 1.29 bits per heavy atom. The quantitative estimate of drug-likeness (QED) is 0.845. The maximum Gasteiger partial charge on any atom is 0.0726 e. The van der Waals surface area contributed by atoms with Crippen molar-refractivity contribution in [2.45, 2.75) is 40.0 Å². The lowest BCUT2D eigenvalue weighted by atomic mass is 9.96. The topological polar surface area (TPSA) is 38.9 Å². The van der Waals surface area contributed by atoms with Gasteiger partial charge in [-0.1, -0.05) is 19.9 Å². The van der Waals surface area contributed by atoms with Crippen molar-refractivity contribution in [2.75, 3.05) is 5.73 Å². The van der Waals surface area contributed by atoms with E-state index in [4.69, 9.17) is 5.73 Å². The third-order valence-electron chi connectivity index (χ3n) is 3.73. The minimum atomic E-state index is 0.570. The lowest BCUT2D eigenvalue weighted by molar-refractivity contribution is 0.734. The predicted molar refractivity (Wildman–Crippen MR) is 74.3 cm³/mol. The molecule has 1 atom stereocenters. The van der Waals surface area contributed by atoms with Crippen molar-refractivity contribution in [3.63, 3.8) is 0 Å². The van der Waals surface area contributed by atoms with Gasteiger partial charge in [-0.2, -0.15) is 0 Å². The number of rotatable bonds is 2. The number of benzene rings is 1. The van der Waals surface area contributed by atoms with Crippen LogP contribution in [0.2, 0.25) is 0 Å². The van der Waals surface area contributed by atoms with Crippen LogP contribution in [0.5, 0.6) is 0 Å². The van der Waals surface area contributed by atoms with E-state index < -0.39 is 0 Å². The summed E-state index contributed by atoms with van der Waals surface area (Å²) in [6, 6.07) is 6.44. The summed E-state index contributed by atoms with van der Waals surface area (Å²) in [5, 5.41) is 1.09. The number of fused-ring (bicyclic) bond motifs is 1. The fourth-order valence-corrected chi connectivity index (χ4v) is 2.07. The molecule has 0 bridgehead atoms. The molecule has 17 heavy (non-hydrogen) atoms. The number of aryl methyl sites for hydroxylation is 1. The normalized spacial score (nSPS) is 12.9. The number of pyridine rings is 1. The zero-order valence-corrected chi connectivity index (χ0v) is 11.0. The molecular formula is C15H20N2. The van der Waals surface area contributed by atoms with Gasteiger partial charge in [-0.3, -0.25) is 4.98 Å². The summed E-state index contributed by atoms with van der Waals surface area (Å²) in [5.74, 6) is 0.570. The summed E-state index contributed by atoms with van der Waals surface area (Å²) >= 11 is 0. The fraction of sp³-hybridized carbons (Fsp3) is 0.400. The number of nitrogens with zero attached hydrogens (tertiary/aromatic N) is 1. The second-order valence-electron chi connectivity index (χ2n) is 4.82. The molecule has 0 aliphatic rings. The van der Waals surface area contributed by atoms with Gasteiger partial charge in [0.25, 0.3) is 0 Å². The molecule has 0 spiro atoms. The molecule has 1 heterocycles. The van der Waals surface area contributed by atoms with Gasteiger partial charge in [-0.25, -0.2) is 0 Å². The average molecular weight is 228 g/mol. The van der Waals surface area contributed by atoms with Crippen LogP contribution in [0.15, 0.2) is 18.2 Å². The van der Waals surface area contributed by atoms with Crippen LogP contribution in [0.3, 0.4) is 0 Å². The van der Waals surface area contributed by atoms with Gasteiger partial charge in [-0.15, -0.1) is 0 Å². The first-order valence-corrected chi connectivity index (χ1v) is 6.21. The van der Waals surface area contributed by atoms with Crippen molar-refractivity contribution in [1.82, 2.24) is 4.98 Å². The molecule has 0 saturated carbocycles. The van der Waals surface area contributed by atoms with E-state index >= 15 is 0 Å². The molecule has 0 saturated heterocycles. The van der Waals surface area contributed by atoms with E-state index in [1.807, 2.05) is 13.8 Å². The van der Waals surface area contributed by atoms with Crippen molar-refractivity contribution in [3.05, 3.63) is 35.0 Å². The Bertz CT molecular complexity index is 558. The zero-order valence-electron chi connectivity index (χ0n) is 11.0. The third-order valence-corrected chi connectivity index (χ3v) is 3.73. The molecule has 2 nitrogen and oxygen atoms in total.